The Kier molecular flexibility index (Phi) is 4.15. The lowest BCUT2D eigenvalue weighted by atomic mass is 10.1. The molecule has 3 rings (SSSR count). The zero-order valence-corrected chi connectivity index (χ0v) is 13.9. The van der Waals surface area contributed by atoms with E-state index in [-0.39, 0.29) is 23.8 Å². The summed E-state index contributed by atoms with van der Waals surface area (Å²) in [6.45, 7) is 1.91. The molecule has 1 aromatic heterocycles. The van der Waals surface area contributed by atoms with Gasteiger partial charge in [-0.3, -0.25) is 9.48 Å². The normalized spacial score (nSPS) is 21.5. The van der Waals surface area contributed by atoms with Crippen LogP contribution in [0.25, 0.3) is 0 Å². The van der Waals surface area contributed by atoms with E-state index in [9.17, 15) is 4.79 Å². The van der Waals surface area contributed by atoms with Crippen LogP contribution in [0.4, 0.5) is 0 Å². The van der Waals surface area contributed by atoms with Crippen molar-refractivity contribution in [3.05, 3.63) is 51.8 Å². The van der Waals surface area contributed by atoms with E-state index in [1.807, 2.05) is 38.5 Å². The van der Waals surface area contributed by atoms with Gasteiger partial charge in [0.2, 0.25) is 5.91 Å². The fourth-order valence-electron chi connectivity index (χ4n) is 2.74. The number of halogens is 2. The fraction of sp³-hybridized carbons (Fsp3) is 0.375. The van der Waals surface area contributed by atoms with Crippen molar-refractivity contribution in [2.45, 2.75) is 25.3 Å². The Hall–Kier alpha value is -1.52. The quantitative estimate of drug-likeness (QED) is 0.924. The van der Waals surface area contributed by atoms with Crippen LogP contribution >= 0.6 is 23.2 Å². The summed E-state index contributed by atoms with van der Waals surface area (Å²) in [7, 11) is 1.88. The van der Waals surface area contributed by atoms with Crippen molar-refractivity contribution in [3.8, 4) is 0 Å². The first-order chi connectivity index (χ1) is 10.5. The van der Waals surface area contributed by atoms with Crippen LogP contribution in [-0.4, -0.2) is 15.7 Å². The van der Waals surface area contributed by atoms with Crippen LogP contribution < -0.4 is 5.32 Å². The molecule has 0 aliphatic heterocycles. The van der Waals surface area contributed by atoms with E-state index in [0.29, 0.717) is 10.0 Å². The van der Waals surface area contributed by atoms with Gasteiger partial charge in [0.15, 0.2) is 0 Å². The Bertz CT molecular complexity index is 713. The van der Waals surface area contributed by atoms with Crippen molar-refractivity contribution in [3.63, 3.8) is 0 Å². The zero-order chi connectivity index (χ0) is 15.9. The molecule has 1 heterocycles. The van der Waals surface area contributed by atoms with Crippen molar-refractivity contribution in [2.75, 3.05) is 0 Å². The first-order valence-corrected chi connectivity index (χ1v) is 7.95. The predicted octanol–water partition coefficient (Wildman–Crippen LogP) is 3.71. The topological polar surface area (TPSA) is 46.9 Å². The molecule has 2 aromatic rings. The van der Waals surface area contributed by atoms with Gasteiger partial charge in [-0.15, -0.1) is 0 Å². The van der Waals surface area contributed by atoms with Gasteiger partial charge in [-0.25, -0.2) is 0 Å². The van der Waals surface area contributed by atoms with E-state index in [1.165, 1.54) is 0 Å². The molecule has 0 spiro atoms. The number of hydrogen-bond donors (Lipinski definition) is 1. The highest BCUT2D eigenvalue weighted by Gasteiger charge is 2.44. The molecule has 1 aromatic carbocycles. The van der Waals surface area contributed by atoms with Crippen molar-refractivity contribution >= 4 is 29.1 Å². The van der Waals surface area contributed by atoms with Crippen LogP contribution in [-0.2, 0) is 11.8 Å². The van der Waals surface area contributed by atoms with Gasteiger partial charge < -0.3 is 5.32 Å². The Balaban J connectivity index is 1.64. The van der Waals surface area contributed by atoms with E-state index >= 15 is 0 Å². The molecular weight excluding hydrogens is 321 g/mol. The fourth-order valence-corrected chi connectivity index (χ4v) is 3.21. The summed E-state index contributed by atoms with van der Waals surface area (Å²) in [5, 5.41) is 8.17. The van der Waals surface area contributed by atoms with E-state index in [0.717, 1.165) is 17.5 Å². The van der Waals surface area contributed by atoms with Crippen molar-refractivity contribution < 1.29 is 4.79 Å². The number of aromatic nitrogens is 2. The Morgan fingerprint density at radius 3 is 2.91 bits per heavy atom. The molecule has 3 atom stereocenters. The number of benzene rings is 1. The standard InChI is InChI=1S/C16H17Cl2N3O/c1-9(11-4-3-5-14(17)15(11)18)20-16(22)13-6-12(13)10-7-19-21(2)8-10/h3-5,7-9,12-13H,6H2,1-2H3,(H,20,22)/t9-,12-,13+/m0/s1. The molecule has 1 amide bonds. The first kappa shape index (κ1) is 15.4. The highest BCUT2D eigenvalue weighted by atomic mass is 35.5. The van der Waals surface area contributed by atoms with Gasteiger partial charge in [-0.2, -0.15) is 5.10 Å². The summed E-state index contributed by atoms with van der Waals surface area (Å²) in [5.74, 6) is 0.345. The molecule has 116 valence electrons. The number of nitrogens with one attached hydrogen (secondary N) is 1. The number of hydrogen-bond acceptors (Lipinski definition) is 2. The van der Waals surface area contributed by atoms with Crippen LogP contribution in [0, 0.1) is 5.92 Å². The van der Waals surface area contributed by atoms with Gasteiger partial charge in [0, 0.05) is 19.2 Å². The summed E-state index contributed by atoms with van der Waals surface area (Å²) < 4.78 is 1.76. The van der Waals surface area contributed by atoms with Gasteiger partial charge in [-0.1, -0.05) is 35.3 Å². The number of aryl methyl sites for hydroxylation is 1. The van der Waals surface area contributed by atoms with Crippen LogP contribution in [0.3, 0.4) is 0 Å². The molecule has 1 saturated carbocycles. The summed E-state index contributed by atoms with van der Waals surface area (Å²) in [6.07, 6.45) is 4.66. The third-order valence-electron chi connectivity index (χ3n) is 4.09. The second kappa shape index (κ2) is 5.94. The van der Waals surface area contributed by atoms with E-state index in [1.54, 1.807) is 10.7 Å². The van der Waals surface area contributed by atoms with Gasteiger partial charge >= 0.3 is 0 Å². The summed E-state index contributed by atoms with van der Waals surface area (Å²) >= 11 is 12.2. The Morgan fingerprint density at radius 1 is 1.45 bits per heavy atom. The minimum atomic E-state index is -0.172. The SMILES string of the molecule is C[C@H](NC(=O)[C@@H]1C[C@H]1c1cnn(C)c1)c1cccc(Cl)c1Cl. The lowest BCUT2D eigenvalue weighted by Crippen LogP contribution is -2.28. The molecule has 4 nitrogen and oxygen atoms in total. The largest absolute Gasteiger partial charge is 0.349 e. The molecule has 0 saturated heterocycles. The summed E-state index contributed by atoms with van der Waals surface area (Å²) in [5.41, 5.74) is 1.96. The number of rotatable bonds is 4. The average Bonchev–Trinajstić information content (AvgIpc) is 3.17. The highest BCUT2D eigenvalue weighted by Crippen LogP contribution is 2.47. The number of nitrogens with zero attached hydrogens (tertiary/aromatic N) is 2. The summed E-state index contributed by atoms with van der Waals surface area (Å²) in [4.78, 5) is 12.4. The molecule has 1 aliphatic rings. The Labute approximate surface area is 139 Å². The van der Waals surface area contributed by atoms with Gasteiger partial charge in [0.25, 0.3) is 0 Å². The molecule has 0 unspecified atom stereocenters. The van der Waals surface area contributed by atoms with Crippen LogP contribution in [0.2, 0.25) is 10.0 Å². The van der Waals surface area contributed by atoms with Crippen LogP contribution in [0.1, 0.15) is 36.4 Å². The molecular formula is C16H17Cl2N3O. The van der Waals surface area contributed by atoms with E-state index in [4.69, 9.17) is 23.2 Å². The molecule has 0 bridgehead atoms. The monoisotopic (exact) mass is 337 g/mol. The maximum Gasteiger partial charge on any atom is 0.224 e. The molecule has 1 aliphatic carbocycles. The first-order valence-electron chi connectivity index (χ1n) is 7.20. The maximum absolute atomic E-state index is 12.4. The molecule has 6 heteroatoms. The molecule has 1 fully saturated rings. The lowest BCUT2D eigenvalue weighted by Gasteiger charge is -2.16. The minimum Gasteiger partial charge on any atom is -0.349 e. The molecule has 22 heavy (non-hydrogen) atoms. The zero-order valence-electron chi connectivity index (χ0n) is 12.4. The second-order valence-corrected chi connectivity index (χ2v) is 6.55. The third-order valence-corrected chi connectivity index (χ3v) is 4.92. The van der Waals surface area contributed by atoms with Gasteiger partial charge in [-0.05, 0) is 36.5 Å². The minimum absolute atomic E-state index is 0.0182. The second-order valence-electron chi connectivity index (χ2n) is 5.77. The number of carbonyl (C=O) groups excluding carboxylic acids is 1. The van der Waals surface area contributed by atoms with Crippen LogP contribution in [0.15, 0.2) is 30.6 Å². The molecule has 0 radical (unpaired) electrons. The van der Waals surface area contributed by atoms with Crippen molar-refractivity contribution in [2.24, 2.45) is 13.0 Å². The summed E-state index contributed by atoms with van der Waals surface area (Å²) in [6, 6.07) is 5.28. The van der Waals surface area contributed by atoms with Crippen molar-refractivity contribution in [1.29, 1.82) is 0 Å². The lowest BCUT2D eigenvalue weighted by molar-refractivity contribution is -0.123. The highest BCUT2D eigenvalue weighted by molar-refractivity contribution is 6.42. The molecule has 1 N–H and O–H groups in total. The van der Waals surface area contributed by atoms with E-state index in [2.05, 4.69) is 10.4 Å². The smallest absolute Gasteiger partial charge is 0.224 e. The average molecular weight is 338 g/mol. The Morgan fingerprint density at radius 2 is 2.23 bits per heavy atom. The van der Waals surface area contributed by atoms with Crippen molar-refractivity contribution in [1.82, 2.24) is 15.1 Å². The van der Waals surface area contributed by atoms with E-state index < -0.39 is 0 Å². The number of amides is 1. The number of carbonyl (C=O) groups is 1. The van der Waals surface area contributed by atoms with Gasteiger partial charge in [0.05, 0.1) is 22.3 Å². The predicted molar refractivity (Wildman–Crippen MR) is 87.1 cm³/mol. The third kappa shape index (κ3) is 2.99. The maximum atomic E-state index is 12.4. The van der Waals surface area contributed by atoms with Crippen LogP contribution in [0.5, 0.6) is 0 Å². The van der Waals surface area contributed by atoms with Gasteiger partial charge in [0.1, 0.15) is 0 Å².